The van der Waals surface area contributed by atoms with Gasteiger partial charge in [0, 0.05) is 5.56 Å². The molecule has 0 unspecified atom stereocenters. The van der Waals surface area contributed by atoms with E-state index < -0.39 is 17.9 Å². The van der Waals surface area contributed by atoms with Gasteiger partial charge in [0.25, 0.3) is 0 Å². The molecule has 0 fully saturated rings. The largest absolute Gasteiger partial charge is 0.496 e. The van der Waals surface area contributed by atoms with Crippen LogP contribution in [0.15, 0.2) is 47.1 Å². The lowest BCUT2D eigenvalue weighted by Crippen LogP contribution is -2.27. The summed E-state index contributed by atoms with van der Waals surface area (Å²) in [6.45, 7) is 3.60. The van der Waals surface area contributed by atoms with Crippen LogP contribution in [0.5, 0.6) is 5.75 Å². The zero-order valence-corrected chi connectivity index (χ0v) is 16.0. The number of nitriles is 1. The number of carbonyl (C=O) groups is 2. The van der Waals surface area contributed by atoms with E-state index in [-0.39, 0.29) is 42.4 Å². The van der Waals surface area contributed by atoms with Crippen LogP contribution < -0.4 is 10.5 Å². The Hall–Kier alpha value is -3.47. The molecule has 0 aliphatic carbocycles. The molecule has 2 N–H and O–H groups in total. The molecule has 1 aromatic carbocycles. The zero-order chi connectivity index (χ0) is 20.7. The number of benzene rings is 1. The van der Waals surface area contributed by atoms with Gasteiger partial charge in [-0.15, -0.1) is 0 Å². The van der Waals surface area contributed by atoms with Gasteiger partial charge in [0.15, 0.2) is 0 Å². The van der Waals surface area contributed by atoms with E-state index in [1.807, 2.05) is 6.07 Å². The molecule has 1 aliphatic rings. The summed E-state index contributed by atoms with van der Waals surface area (Å²) in [5.74, 6) is -1.95. The van der Waals surface area contributed by atoms with Crippen LogP contribution in [0.3, 0.4) is 0 Å². The fraction of sp³-hybridized carbons (Fsp3) is 0.350. The van der Waals surface area contributed by atoms with Crippen LogP contribution in [0.2, 0.25) is 0 Å². The number of nitrogens with zero attached hydrogens (tertiary/aromatic N) is 1. The van der Waals surface area contributed by atoms with Crippen LogP contribution in [-0.2, 0) is 23.8 Å². The number of allylic oxidation sites excluding steroid dienone is 1. The van der Waals surface area contributed by atoms with Crippen molar-refractivity contribution < 1.29 is 28.5 Å². The summed E-state index contributed by atoms with van der Waals surface area (Å²) in [7, 11) is 1.48. The lowest BCUT2D eigenvalue weighted by atomic mass is 9.82. The number of para-hydroxylation sites is 1. The maximum atomic E-state index is 12.8. The Bertz CT molecular complexity index is 866. The van der Waals surface area contributed by atoms with Gasteiger partial charge in [-0.1, -0.05) is 18.2 Å². The van der Waals surface area contributed by atoms with E-state index in [0.717, 1.165) is 0 Å². The molecule has 8 nitrogen and oxygen atoms in total. The van der Waals surface area contributed by atoms with E-state index in [1.165, 1.54) is 7.11 Å². The Kier molecular flexibility index (Phi) is 7.04. The Balaban J connectivity index is 2.69. The highest BCUT2D eigenvalue weighted by Crippen LogP contribution is 2.43. The van der Waals surface area contributed by atoms with Gasteiger partial charge in [-0.25, -0.2) is 4.79 Å². The highest BCUT2D eigenvalue weighted by Gasteiger charge is 2.39. The molecule has 8 heteroatoms. The van der Waals surface area contributed by atoms with Crippen molar-refractivity contribution in [1.29, 1.82) is 5.26 Å². The highest BCUT2D eigenvalue weighted by molar-refractivity contribution is 5.94. The van der Waals surface area contributed by atoms with Crippen molar-refractivity contribution in [1.82, 2.24) is 0 Å². The maximum Gasteiger partial charge on any atom is 0.338 e. The molecule has 2 rings (SSSR count). The van der Waals surface area contributed by atoms with Gasteiger partial charge in [-0.05, 0) is 19.9 Å². The van der Waals surface area contributed by atoms with Crippen molar-refractivity contribution in [2.45, 2.75) is 26.2 Å². The molecule has 148 valence electrons. The molecule has 0 saturated carbocycles. The summed E-state index contributed by atoms with van der Waals surface area (Å²) in [4.78, 5) is 24.8. The summed E-state index contributed by atoms with van der Waals surface area (Å²) in [6.07, 6.45) is -0.326. The van der Waals surface area contributed by atoms with E-state index in [9.17, 15) is 14.9 Å². The number of methoxy groups -OCH3 is 1. The van der Waals surface area contributed by atoms with Crippen molar-refractivity contribution in [3.05, 3.63) is 52.6 Å². The van der Waals surface area contributed by atoms with Crippen LogP contribution in [0.4, 0.5) is 0 Å². The average Bonchev–Trinajstić information content (AvgIpc) is 2.67. The first kappa shape index (κ1) is 20.8. The van der Waals surface area contributed by atoms with Crippen molar-refractivity contribution in [3.8, 4) is 11.8 Å². The number of carbonyl (C=O) groups excluding carboxylic acids is 2. The van der Waals surface area contributed by atoms with Crippen LogP contribution in [0.25, 0.3) is 0 Å². The van der Waals surface area contributed by atoms with Gasteiger partial charge < -0.3 is 24.7 Å². The summed E-state index contributed by atoms with van der Waals surface area (Å²) in [6, 6.07) is 8.90. The number of ether oxygens (including phenoxy) is 4. The minimum absolute atomic E-state index is 0.00990. The lowest BCUT2D eigenvalue weighted by Gasteiger charge is -2.28. The molecular formula is C20H22N2O6. The molecule has 0 aromatic heterocycles. The second-order valence-electron chi connectivity index (χ2n) is 5.71. The van der Waals surface area contributed by atoms with Crippen LogP contribution in [-0.4, -0.2) is 32.3 Å². The summed E-state index contributed by atoms with van der Waals surface area (Å²) in [5.41, 5.74) is 6.51. The van der Waals surface area contributed by atoms with E-state index in [2.05, 4.69) is 0 Å². The predicted octanol–water partition coefficient (Wildman–Crippen LogP) is 2.27. The number of hydrogen-bond donors (Lipinski definition) is 1. The second kappa shape index (κ2) is 9.46. The van der Waals surface area contributed by atoms with E-state index in [1.54, 1.807) is 38.1 Å². The molecule has 0 radical (unpaired) electrons. The molecule has 1 aromatic rings. The van der Waals surface area contributed by atoms with Gasteiger partial charge in [0.05, 0.1) is 31.8 Å². The minimum Gasteiger partial charge on any atom is -0.496 e. The quantitative estimate of drug-likeness (QED) is 0.709. The van der Waals surface area contributed by atoms with Crippen LogP contribution >= 0.6 is 0 Å². The molecule has 0 bridgehead atoms. The summed E-state index contributed by atoms with van der Waals surface area (Å²) < 4.78 is 21.0. The molecular weight excluding hydrogens is 364 g/mol. The van der Waals surface area contributed by atoms with Crippen molar-refractivity contribution in [3.63, 3.8) is 0 Å². The fourth-order valence-electron chi connectivity index (χ4n) is 2.94. The monoisotopic (exact) mass is 386 g/mol. The molecule has 1 heterocycles. The average molecular weight is 386 g/mol. The molecule has 28 heavy (non-hydrogen) atoms. The van der Waals surface area contributed by atoms with Gasteiger partial charge in [-0.3, -0.25) is 4.79 Å². The normalized spacial score (nSPS) is 16.1. The number of rotatable bonds is 7. The number of nitrogens with two attached hydrogens (primary N) is 1. The molecule has 0 saturated heterocycles. The zero-order valence-electron chi connectivity index (χ0n) is 16.0. The van der Waals surface area contributed by atoms with Crippen molar-refractivity contribution >= 4 is 11.9 Å². The Labute approximate surface area is 163 Å². The molecule has 0 amide bonds. The molecule has 1 aliphatic heterocycles. The van der Waals surface area contributed by atoms with Gasteiger partial charge in [0.2, 0.25) is 5.88 Å². The Morgan fingerprint density at radius 3 is 2.50 bits per heavy atom. The second-order valence-corrected chi connectivity index (χ2v) is 5.71. The maximum absolute atomic E-state index is 12.8. The van der Waals surface area contributed by atoms with Crippen molar-refractivity contribution in [2.75, 3.05) is 20.3 Å². The van der Waals surface area contributed by atoms with E-state index in [4.69, 9.17) is 24.7 Å². The van der Waals surface area contributed by atoms with Crippen LogP contribution in [0.1, 0.15) is 31.7 Å². The third kappa shape index (κ3) is 4.26. The van der Waals surface area contributed by atoms with Crippen molar-refractivity contribution in [2.24, 2.45) is 5.73 Å². The Morgan fingerprint density at radius 1 is 1.21 bits per heavy atom. The summed E-state index contributed by atoms with van der Waals surface area (Å²) in [5, 5.41) is 9.66. The standard InChI is InChI=1S/C20H22N2O6/c1-4-26-16(23)10-15-18(20(24)27-5-2)17(13(11-21)19(22)28-15)12-8-6-7-9-14(12)25-3/h6-9,17H,4-5,10,22H2,1-3H3/t17-/m0/s1. The van der Waals surface area contributed by atoms with E-state index >= 15 is 0 Å². The Morgan fingerprint density at radius 2 is 1.89 bits per heavy atom. The molecule has 1 atom stereocenters. The fourth-order valence-corrected chi connectivity index (χ4v) is 2.94. The van der Waals surface area contributed by atoms with E-state index in [0.29, 0.717) is 11.3 Å². The number of esters is 2. The predicted molar refractivity (Wildman–Crippen MR) is 98.6 cm³/mol. The third-order valence-corrected chi connectivity index (χ3v) is 4.05. The lowest BCUT2D eigenvalue weighted by molar-refractivity contribution is -0.143. The topological polar surface area (TPSA) is 121 Å². The van der Waals surface area contributed by atoms with Gasteiger partial charge >= 0.3 is 11.9 Å². The highest BCUT2D eigenvalue weighted by atomic mass is 16.5. The smallest absolute Gasteiger partial charge is 0.338 e. The minimum atomic E-state index is -0.904. The van der Waals surface area contributed by atoms with Gasteiger partial charge in [-0.2, -0.15) is 5.26 Å². The first-order valence-electron chi connectivity index (χ1n) is 8.74. The first-order chi connectivity index (χ1) is 13.5. The summed E-state index contributed by atoms with van der Waals surface area (Å²) >= 11 is 0. The SMILES string of the molecule is CCOC(=O)CC1=C(C(=O)OCC)[C@@H](c2ccccc2OC)C(C#N)=C(N)O1. The third-order valence-electron chi connectivity index (χ3n) is 4.05. The van der Waals surface area contributed by atoms with Gasteiger partial charge in [0.1, 0.15) is 29.6 Å². The molecule has 0 spiro atoms. The van der Waals surface area contributed by atoms with Crippen LogP contribution in [0, 0.1) is 11.3 Å². The number of hydrogen-bond acceptors (Lipinski definition) is 8. The first-order valence-corrected chi connectivity index (χ1v) is 8.74.